The van der Waals surface area contributed by atoms with Crippen molar-refractivity contribution in [3.05, 3.63) is 29.8 Å². The lowest BCUT2D eigenvalue weighted by atomic mass is 9.86. The molecule has 8 amide bonds. The Hall–Kier alpha value is -6.54. The molecular weight excluding hydrogens is 873 g/mol. The Balaban J connectivity index is 2.59. The summed E-state index contributed by atoms with van der Waals surface area (Å²) in [4.78, 5) is 160. The predicted octanol–water partition coefficient (Wildman–Crippen LogP) is -0.591. The second-order valence-electron chi connectivity index (χ2n) is 17.9. The van der Waals surface area contributed by atoms with E-state index >= 15 is 0 Å². The average Bonchev–Trinajstić information content (AvgIpc) is 3.25. The second-order valence-corrected chi connectivity index (χ2v) is 17.9. The SMILES string of the molecule is CC[C@H](C)[C@@H]1NC(=O)[C@H](Cc2ccc(O)cc2)CC(=O)CNC(=O)CC[C@@H](C(=O)N(C)CC(=O)C[C@@H](CC(C)C)C(=O)NCC(N)=O)CC(=O)[C@H](CC(N)=O)NC(=O)[C@H](CCC(N)=O)CC1=O. The normalized spacial score (nSPS) is 21.5. The number of ketones is 4. The highest BCUT2D eigenvalue weighted by Gasteiger charge is 2.36. The fourth-order valence-corrected chi connectivity index (χ4v) is 7.77. The summed E-state index contributed by atoms with van der Waals surface area (Å²) >= 11 is 0. The smallest absolute Gasteiger partial charge is 0.236 e. The van der Waals surface area contributed by atoms with Gasteiger partial charge < -0.3 is 48.5 Å². The van der Waals surface area contributed by atoms with Crippen LogP contribution in [-0.2, 0) is 64.0 Å². The van der Waals surface area contributed by atoms with E-state index in [1.165, 1.54) is 19.2 Å². The summed E-state index contributed by atoms with van der Waals surface area (Å²) in [7, 11) is 1.27. The standard InChI is InChI=1S/C46H68N8O13/c1-6-26(4)42-37(59)19-28(9-13-38(47)60)44(65)52-35(21-39(48)61)36(58)20-29(46(67)54(5)24-34(57)18-30(15-25(2)3)43(64)51-23-40(49)62)10-14-41(63)50-22-33(56)17-31(45(66)53-42)16-27-7-11-32(55)12-8-27/h7-8,11-12,25-26,28-31,35,42,55H,6,9-10,13-24H2,1-5H3,(H2,47,60)(H2,48,61)(H2,49,62)(H,50,63)(H,51,64)(H,52,65)(H,53,66)/t26-,28+,29+,30+,31+,35-,42-/m0/s1. The maximum absolute atomic E-state index is 14.1. The highest BCUT2D eigenvalue weighted by atomic mass is 16.3. The lowest BCUT2D eigenvalue weighted by molar-refractivity contribution is -0.141. The van der Waals surface area contributed by atoms with Crippen LogP contribution < -0.4 is 38.5 Å². The molecule has 1 aliphatic rings. The quantitative estimate of drug-likeness (QED) is 0.0861. The number of benzene rings is 1. The number of primary amides is 3. The second kappa shape index (κ2) is 27.8. The number of nitrogens with two attached hydrogens (primary N) is 3. The Morgan fingerprint density at radius 3 is 2.06 bits per heavy atom. The lowest BCUT2D eigenvalue weighted by Gasteiger charge is -2.28. The first kappa shape index (κ1) is 56.6. The van der Waals surface area contributed by atoms with E-state index in [-0.39, 0.29) is 50.2 Å². The number of hydrogen-bond donors (Lipinski definition) is 8. The van der Waals surface area contributed by atoms with Crippen molar-refractivity contribution < 1.29 is 62.6 Å². The van der Waals surface area contributed by atoms with Crippen LogP contribution in [0.15, 0.2) is 24.3 Å². The average molecular weight is 941 g/mol. The van der Waals surface area contributed by atoms with Gasteiger partial charge in [-0.1, -0.05) is 46.2 Å². The van der Waals surface area contributed by atoms with E-state index in [1.54, 1.807) is 26.0 Å². The molecule has 1 aliphatic heterocycles. The van der Waals surface area contributed by atoms with Gasteiger partial charge in [-0.2, -0.15) is 0 Å². The molecule has 0 aliphatic carbocycles. The van der Waals surface area contributed by atoms with Crippen LogP contribution in [0.4, 0.5) is 0 Å². The first-order valence-corrected chi connectivity index (χ1v) is 22.5. The number of likely N-dealkylation sites (N-methyl/N-ethyl adjacent to an activating group) is 1. The highest BCUT2D eigenvalue weighted by Crippen LogP contribution is 2.24. The van der Waals surface area contributed by atoms with Crippen molar-refractivity contribution in [1.82, 2.24) is 26.2 Å². The van der Waals surface area contributed by atoms with Crippen molar-refractivity contribution in [3.8, 4) is 5.75 Å². The maximum atomic E-state index is 14.1. The molecular formula is C46H68N8O13. The zero-order valence-corrected chi connectivity index (χ0v) is 39.1. The van der Waals surface area contributed by atoms with Crippen molar-refractivity contribution in [3.63, 3.8) is 0 Å². The number of carbonyl (C=O) groups is 12. The largest absolute Gasteiger partial charge is 0.508 e. The van der Waals surface area contributed by atoms with Crippen LogP contribution in [0.1, 0.15) is 104 Å². The van der Waals surface area contributed by atoms with E-state index in [1.807, 2.05) is 13.8 Å². The number of nitrogens with one attached hydrogen (secondary N) is 4. The monoisotopic (exact) mass is 940 g/mol. The number of aromatic hydroxyl groups is 1. The molecule has 0 radical (unpaired) electrons. The molecule has 0 unspecified atom stereocenters. The first-order chi connectivity index (χ1) is 31.4. The van der Waals surface area contributed by atoms with Crippen LogP contribution in [0, 0.1) is 35.5 Å². The molecule has 7 atom stereocenters. The number of rotatable bonds is 19. The minimum absolute atomic E-state index is 0.00712. The number of nitrogens with zero attached hydrogens (tertiary/aromatic N) is 1. The third kappa shape index (κ3) is 20.7. The molecule has 0 bridgehead atoms. The molecule has 1 aromatic rings. The van der Waals surface area contributed by atoms with Gasteiger partial charge in [0.25, 0.3) is 0 Å². The zero-order valence-electron chi connectivity index (χ0n) is 39.1. The fourth-order valence-electron chi connectivity index (χ4n) is 7.77. The van der Waals surface area contributed by atoms with Crippen LogP contribution in [-0.4, -0.2) is 119 Å². The number of amides is 8. The number of phenolic OH excluding ortho intramolecular Hbond substituents is 1. The summed E-state index contributed by atoms with van der Waals surface area (Å²) in [6.07, 6.45) is -3.44. The van der Waals surface area contributed by atoms with Crippen molar-refractivity contribution in [2.75, 3.05) is 26.7 Å². The molecule has 1 saturated heterocycles. The van der Waals surface area contributed by atoms with E-state index in [0.717, 1.165) is 4.90 Å². The fraction of sp³-hybridized carbons (Fsp3) is 0.609. The van der Waals surface area contributed by atoms with Crippen molar-refractivity contribution in [2.24, 2.45) is 52.7 Å². The molecule has 1 aromatic carbocycles. The van der Waals surface area contributed by atoms with Gasteiger partial charge in [0.2, 0.25) is 47.3 Å². The van der Waals surface area contributed by atoms with Gasteiger partial charge in [-0.3, -0.25) is 57.5 Å². The molecule has 21 nitrogen and oxygen atoms in total. The Kier molecular flexibility index (Phi) is 23.5. The molecule has 1 heterocycles. The highest BCUT2D eigenvalue weighted by molar-refractivity contribution is 5.99. The summed E-state index contributed by atoms with van der Waals surface area (Å²) in [5, 5.41) is 19.9. The van der Waals surface area contributed by atoms with Crippen LogP contribution in [0.2, 0.25) is 0 Å². The van der Waals surface area contributed by atoms with Gasteiger partial charge in [-0.25, -0.2) is 0 Å². The van der Waals surface area contributed by atoms with Gasteiger partial charge in [0.1, 0.15) is 5.75 Å². The lowest BCUT2D eigenvalue weighted by Crippen LogP contribution is -2.50. The summed E-state index contributed by atoms with van der Waals surface area (Å²) in [6, 6.07) is 3.07. The third-order valence-electron chi connectivity index (χ3n) is 11.6. The van der Waals surface area contributed by atoms with Crippen LogP contribution >= 0.6 is 0 Å². The topological polar surface area (TPSA) is 354 Å². The van der Waals surface area contributed by atoms with Gasteiger partial charge >= 0.3 is 0 Å². The van der Waals surface area contributed by atoms with Crippen molar-refractivity contribution in [1.29, 1.82) is 0 Å². The van der Waals surface area contributed by atoms with Crippen molar-refractivity contribution in [2.45, 2.75) is 117 Å². The molecule has 1 fully saturated rings. The number of Topliss-reactive ketones (excluding diaryl/α,β-unsaturated/α-hetero) is 4. The molecule has 0 aromatic heterocycles. The van der Waals surface area contributed by atoms with E-state index in [9.17, 15) is 62.6 Å². The van der Waals surface area contributed by atoms with E-state index in [0.29, 0.717) is 12.0 Å². The summed E-state index contributed by atoms with van der Waals surface area (Å²) in [5.74, 6) is -14.1. The Bertz CT molecular complexity index is 1990. The molecule has 0 saturated carbocycles. The van der Waals surface area contributed by atoms with Crippen LogP contribution in [0.3, 0.4) is 0 Å². The molecule has 0 spiro atoms. The molecule has 2 rings (SSSR count). The predicted molar refractivity (Wildman–Crippen MR) is 241 cm³/mol. The first-order valence-electron chi connectivity index (χ1n) is 22.5. The number of phenols is 1. The van der Waals surface area contributed by atoms with E-state index in [4.69, 9.17) is 17.2 Å². The third-order valence-corrected chi connectivity index (χ3v) is 11.6. The van der Waals surface area contributed by atoms with Crippen LogP contribution in [0.5, 0.6) is 5.75 Å². The summed E-state index contributed by atoms with van der Waals surface area (Å²) < 4.78 is 0. The molecule has 370 valence electrons. The summed E-state index contributed by atoms with van der Waals surface area (Å²) in [6.45, 7) is 5.61. The van der Waals surface area contributed by atoms with Gasteiger partial charge in [-0.05, 0) is 55.2 Å². The van der Waals surface area contributed by atoms with E-state index in [2.05, 4.69) is 21.3 Å². The van der Waals surface area contributed by atoms with Crippen LogP contribution in [0.25, 0.3) is 0 Å². The minimum Gasteiger partial charge on any atom is -0.508 e. The Morgan fingerprint density at radius 1 is 0.836 bits per heavy atom. The maximum Gasteiger partial charge on any atom is 0.236 e. The van der Waals surface area contributed by atoms with Gasteiger partial charge in [0, 0.05) is 69.2 Å². The number of hydrogen-bond acceptors (Lipinski definition) is 13. The van der Waals surface area contributed by atoms with Gasteiger partial charge in [0.15, 0.2) is 23.1 Å². The molecule has 67 heavy (non-hydrogen) atoms. The number of carbonyl (C=O) groups excluding carboxylic acids is 12. The summed E-state index contributed by atoms with van der Waals surface area (Å²) in [5.41, 5.74) is 16.6. The Labute approximate surface area is 390 Å². The zero-order chi connectivity index (χ0) is 50.5. The minimum atomic E-state index is -1.66. The Morgan fingerprint density at radius 2 is 1.48 bits per heavy atom. The van der Waals surface area contributed by atoms with Gasteiger partial charge in [-0.15, -0.1) is 0 Å². The molecule has 11 N–H and O–H groups in total. The molecule has 21 heteroatoms. The van der Waals surface area contributed by atoms with E-state index < -0.39 is 164 Å². The van der Waals surface area contributed by atoms with Crippen molar-refractivity contribution >= 4 is 70.4 Å². The van der Waals surface area contributed by atoms with Gasteiger partial charge in [0.05, 0.1) is 38.1 Å².